The van der Waals surface area contributed by atoms with Gasteiger partial charge in [-0.15, -0.1) is 0 Å². The highest BCUT2D eigenvalue weighted by molar-refractivity contribution is 5.29. The standard InChI is InChI=1S/C23H33FO/c1-2-17-25-23-13-11-22(12-14-23)21-9-7-20(8-10-21)19-5-3-18(4-6-19)15-16-24/h11-16,18-21H,2-10,17H2,1H3/b16-15+. The van der Waals surface area contributed by atoms with Crippen LogP contribution < -0.4 is 4.74 Å². The van der Waals surface area contributed by atoms with Crippen LogP contribution in [0, 0.1) is 17.8 Å². The lowest BCUT2D eigenvalue weighted by Gasteiger charge is -2.37. The first-order chi connectivity index (χ1) is 12.3. The summed E-state index contributed by atoms with van der Waals surface area (Å²) >= 11 is 0. The van der Waals surface area contributed by atoms with Gasteiger partial charge in [0.2, 0.25) is 0 Å². The second-order valence-electron chi connectivity index (χ2n) is 8.02. The summed E-state index contributed by atoms with van der Waals surface area (Å²) in [6, 6.07) is 8.81. The monoisotopic (exact) mass is 344 g/mol. The van der Waals surface area contributed by atoms with E-state index in [4.69, 9.17) is 4.74 Å². The first kappa shape index (κ1) is 18.5. The Morgan fingerprint density at radius 2 is 1.52 bits per heavy atom. The molecular weight excluding hydrogens is 311 g/mol. The molecule has 2 heteroatoms. The van der Waals surface area contributed by atoms with Crippen molar-refractivity contribution in [2.45, 2.75) is 70.6 Å². The molecule has 0 aromatic heterocycles. The highest BCUT2D eigenvalue weighted by Crippen LogP contribution is 2.44. The number of halogens is 1. The van der Waals surface area contributed by atoms with Gasteiger partial charge in [0.05, 0.1) is 12.9 Å². The minimum Gasteiger partial charge on any atom is -0.494 e. The first-order valence-corrected chi connectivity index (χ1v) is 10.3. The molecule has 1 aromatic rings. The van der Waals surface area contributed by atoms with Crippen molar-refractivity contribution in [2.24, 2.45) is 17.8 Å². The molecule has 25 heavy (non-hydrogen) atoms. The van der Waals surface area contributed by atoms with Crippen molar-refractivity contribution in [2.75, 3.05) is 6.61 Å². The van der Waals surface area contributed by atoms with Crippen LogP contribution in [0.15, 0.2) is 36.7 Å². The van der Waals surface area contributed by atoms with Crippen molar-refractivity contribution in [3.63, 3.8) is 0 Å². The van der Waals surface area contributed by atoms with Crippen molar-refractivity contribution in [3.05, 3.63) is 42.2 Å². The maximum absolute atomic E-state index is 12.3. The molecule has 0 aliphatic heterocycles. The predicted molar refractivity (Wildman–Crippen MR) is 103 cm³/mol. The van der Waals surface area contributed by atoms with Crippen molar-refractivity contribution in [1.29, 1.82) is 0 Å². The van der Waals surface area contributed by atoms with Gasteiger partial charge in [-0.05, 0) is 99.2 Å². The van der Waals surface area contributed by atoms with E-state index in [-0.39, 0.29) is 0 Å². The van der Waals surface area contributed by atoms with Crippen LogP contribution in [0.5, 0.6) is 5.75 Å². The van der Waals surface area contributed by atoms with Crippen molar-refractivity contribution in [1.82, 2.24) is 0 Å². The van der Waals surface area contributed by atoms with Crippen molar-refractivity contribution in [3.8, 4) is 5.75 Å². The van der Waals surface area contributed by atoms with Crippen LogP contribution in [0.4, 0.5) is 4.39 Å². The van der Waals surface area contributed by atoms with Crippen LogP contribution in [0.3, 0.4) is 0 Å². The van der Waals surface area contributed by atoms with E-state index in [0.717, 1.165) is 42.9 Å². The van der Waals surface area contributed by atoms with Crippen LogP contribution >= 0.6 is 0 Å². The quantitative estimate of drug-likeness (QED) is 0.538. The highest BCUT2D eigenvalue weighted by Gasteiger charge is 2.30. The Balaban J connectivity index is 1.45. The molecule has 0 amide bonds. The maximum atomic E-state index is 12.3. The summed E-state index contributed by atoms with van der Waals surface area (Å²) in [5, 5.41) is 0. The number of hydrogen-bond donors (Lipinski definition) is 0. The zero-order chi connectivity index (χ0) is 17.5. The van der Waals surface area contributed by atoms with E-state index in [1.165, 1.54) is 56.9 Å². The fourth-order valence-corrected chi connectivity index (χ4v) is 4.89. The average Bonchev–Trinajstić information content (AvgIpc) is 2.68. The third-order valence-corrected chi connectivity index (χ3v) is 6.42. The SMILES string of the molecule is CCCOc1ccc(C2CCC(C3CCC(/C=C/F)CC3)CC2)cc1. The third-order valence-electron chi connectivity index (χ3n) is 6.42. The van der Waals surface area contributed by atoms with E-state index in [1.807, 2.05) is 0 Å². The molecule has 1 nitrogen and oxygen atoms in total. The minimum absolute atomic E-state index is 0.492. The van der Waals surface area contributed by atoms with Gasteiger partial charge in [-0.1, -0.05) is 25.1 Å². The molecule has 2 aliphatic carbocycles. The Morgan fingerprint density at radius 3 is 2.08 bits per heavy atom. The van der Waals surface area contributed by atoms with Gasteiger partial charge in [0.15, 0.2) is 0 Å². The van der Waals surface area contributed by atoms with E-state index in [0.29, 0.717) is 5.92 Å². The number of allylic oxidation sites excluding steroid dienone is 1. The van der Waals surface area contributed by atoms with Gasteiger partial charge in [-0.3, -0.25) is 0 Å². The van der Waals surface area contributed by atoms with E-state index in [1.54, 1.807) is 6.08 Å². The zero-order valence-electron chi connectivity index (χ0n) is 15.6. The summed E-state index contributed by atoms with van der Waals surface area (Å²) in [6.07, 6.45) is 13.9. The summed E-state index contributed by atoms with van der Waals surface area (Å²) in [5.74, 6) is 4.00. The van der Waals surface area contributed by atoms with Crippen molar-refractivity contribution >= 4 is 0 Å². The molecule has 2 aliphatic rings. The first-order valence-electron chi connectivity index (χ1n) is 10.3. The fourth-order valence-electron chi connectivity index (χ4n) is 4.89. The smallest absolute Gasteiger partial charge is 0.119 e. The maximum Gasteiger partial charge on any atom is 0.119 e. The molecule has 0 unspecified atom stereocenters. The van der Waals surface area contributed by atoms with Crippen LogP contribution in [0.25, 0.3) is 0 Å². The van der Waals surface area contributed by atoms with Crippen LogP contribution in [0.1, 0.15) is 76.2 Å². The second kappa shape index (κ2) is 9.40. The third kappa shape index (κ3) is 5.09. The molecule has 3 rings (SSSR count). The van der Waals surface area contributed by atoms with E-state index >= 15 is 0 Å². The number of hydrogen-bond acceptors (Lipinski definition) is 1. The van der Waals surface area contributed by atoms with Gasteiger partial charge in [-0.2, -0.15) is 0 Å². The molecule has 0 radical (unpaired) electrons. The van der Waals surface area contributed by atoms with Gasteiger partial charge < -0.3 is 4.74 Å². The Labute approximate surface area is 152 Å². The summed E-state index contributed by atoms with van der Waals surface area (Å²) < 4.78 is 18.0. The summed E-state index contributed by atoms with van der Waals surface area (Å²) in [6.45, 7) is 2.94. The lowest BCUT2D eigenvalue weighted by molar-refractivity contribution is 0.171. The minimum atomic E-state index is 0.492. The second-order valence-corrected chi connectivity index (χ2v) is 8.02. The van der Waals surface area contributed by atoms with Gasteiger partial charge >= 0.3 is 0 Å². The average molecular weight is 345 g/mol. The molecule has 138 valence electrons. The number of benzene rings is 1. The van der Waals surface area contributed by atoms with Crippen LogP contribution in [-0.2, 0) is 0 Å². The molecule has 0 saturated heterocycles. The number of rotatable bonds is 6. The number of ether oxygens (including phenoxy) is 1. The van der Waals surface area contributed by atoms with Gasteiger partial charge in [-0.25, -0.2) is 4.39 Å². The summed E-state index contributed by atoms with van der Waals surface area (Å²) in [7, 11) is 0. The van der Waals surface area contributed by atoms with Gasteiger partial charge in [0, 0.05) is 0 Å². The molecule has 2 saturated carbocycles. The van der Waals surface area contributed by atoms with E-state index < -0.39 is 0 Å². The fraction of sp³-hybridized carbons (Fsp3) is 0.652. The van der Waals surface area contributed by atoms with E-state index in [2.05, 4.69) is 31.2 Å². The largest absolute Gasteiger partial charge is 0.494 e. The molecule has 0 spiro atoms. The molecule has 0 bridgehead atoms. The predicted octanol–water partition coefficient (Wildman–Crippen LogP) is 7.04. The molecule has 0 N–H and O–H groups in total. The van der Waals surface area contributed by atoms with Crippen LogP contribution in [-0.4, -0.2) is 6.61 Å². The van der Waals surface area contributed by atoms with Gasteiger partial charge in [0.1, 0.15) is 5.75 Å². The Hall–Kier alpha value is -1.31. The summed E-state index contributed by atoms with van der Waals surface area (Å²) in [5.41, 5.74) is 1.49. The normalized spacial score (nSPS) is 30.5. The van der Waals surface area contributed by atoms with Crippen molar-refractivity contribution < 1.29 is 9.13 Å². The molecule has 2 fully saturated rings. The summed E-state index contributed by atoms with van der Waals surface area (Å²) in [4.78, 5) is 0. The van der Waals surface area contributed by atoms with Crippen LogP contribution in [0.2, 0.25) is 0 Å². The van der Waals surface area contributed by atoms with Gasteiger partial charge in [0.25, 0.3) is 0 Å². The highest BCUT2D eigenvalue weighted by atomic mass is 19.1. The molecule has 1 aromatic carbocycles. The van der Waals surface area contributed by atoms with E-state index in [9.17, 15) is 4.39 Å². The molecule has 0 heterocycles. The lowest BCUT2D eigenvalue weighted by atomic mass is 9.68. The topological polar surface area (TPSA) is 9.23 Å². The molecular formula is C23H33FO. The Kier molecular flexibility index (Phi) is 6.95. The Bertz CT molecular complexity index is 520. The Morgan fingerprint density at radius 1 is 0.920 bits per heavy atom. The lowest BCUT2D eigenvalue weighted by Crippen LogP contribution is -2.25. The molecule has 0 atom stereocenters. The zero-order valence-corrected chi connectivity index (χ0v) is 15.6.